The van der Waals surface area contributed by atoms with Crippen LogP contribution in [0.2, 0.25) is 0 Å². The first-order valence-electron chi connectivity index (χ1n) is 14.1. The number of hydrogen-bond acceptors (Lipinski definition) is 3. The van der Waals surface area contributed by atoms with Crippen molar-refractivity contribution in [1.29, 1.82) is 0 Å². The summed E-state index contributed by atoms with van der Waals surface area (Å²) in [7, 11) is 0. The number of benzene rings is 4. The third-order valence-corrected chi connectivity index (χ3v) is 7.16. The number of carbonyl (C=O) groups excluding carboxylic acids is 1. The minimum absolute atomic E-state index is 0. The molecule has 4 heteroatoms. The zero-order valence-corrected chi connectivity index (χ0v) is 28.2. The molecule has 0 spiro atoms. The molecule has 0 aliphatic heterocycles. The first-order chi connectivity index (χ1) is 19.3. The quantitative estimate of drug-likeness (QED) is 0.0869. The summed E-state index contributed by atoms with van der Waals surface area (Å²) in [6, 6.07) is 31.4. The average Bonchev–Trinajstić information content (AvgIpc) is 2.92. The summed E-state index contributed by atoms with van der Waals surface area (Å²) in [5, 5.41) is 14.5. The van der Waals surface area contributed by atoms with Crippen LogP contribution in [0.15, 0.2) is 96.9 Å². The second-order valence-electron chi connectivity index (χ2n) is 12.7. The molecule has 1 heterocycles. The fraction of sp³-hybridized carbons (Fsp3) is 0.263. The van der Waals surface area contributed by atoms with Gasteiger partial charge in [0.25, 0.3) is 0 Å². The van der Waals surface area contributed by atoms with Crippen LogP contribution in [0.5, 0.6) is 0 Å². The van der Waals surface area contributed by atoms with Crippen LogP contribution in [-0.4, -0.2) is 15.9 Å². The second-order valence-corrected chi connectivity index (χ2v) is 12.7. The predicted octanol–water partition coefficient (Wildman–Crippen LogP) is 10.2. The molecule has 5 rings (SSSR count). The summed E-state index contributed by atoms with van der Waals surface area (Å²) >= 11 is 0. The molecule has 0 aliphatic carbocycles. The van der Waals surface area contributed by atoms with Gasteiger partial charge in [-0.05, 0) is 51.4 Å². The SMILES string of the molecule is CC(C)(C)C(=O)/C=C(\O)C(C)(C)C.Cc1[c-]c(-c2nccc3c2ccc2c(C)cccc23)cc(-c2ccccc2)c1.[Ir]. The Morgan fingerprint density at radius 2 is 1.38 bits per heavy atom. The van der Waals surface area contributed by atoms with E-state index in [1.807, 2.05) is 53.8 Å². The van der Waals surface area contributed by atoms with E-state index in [2.05, 4.69) is 92.7 Å². The van der Waals surface area contributed by atoms with Crippen molar-refractivity contribution in [2.24, 2.45) is 10.8 Å². The Hall–Kier alpha value is -3.59. The maximum Gasteiger partial charge on any atom is 0.164 e. The molecule has 3 nitrogen and oxygen atoms in total. The van der Waals surface area contributed by atoms with E-state index in [1.54, 1.807) is 0 Å². The number of pyridine rings is 1. The van der Waals surface area contributed by atoms with Crippen molar-refractivity contribution < 1.29 is 30.0 Å². The maximum absolute atomic E-state index is 11.5. The van der Waals surface area contributed by atoms with E-state index in [-0.39, 0.29) is 37.1 Å². The molecular formula is C38H40IrNO2-. The normalized spacial score (nSPS) is 12.0. The van der Waals surface area contributed by atoms with Gasteiger partial charge < -0.3 is 10.1 Å². The average molecular weight is 735 g/mol. The number of aliphatic hydroxyl groups is 1. The standard InChI is InChI=1S/C27H20N.C11H20O2.Ir/c1-18-15-21(20-8-4-3-5-9-20)17-22(16-18)27-26-12-11-23-19(2)7-6-10-24(23)25(26)13-14-28-27;1-10(2,3)8(12)7-9(13)11(4,5)6;/h3-15,17H,1-2H3;7,12H,1-6H3;/q-1;;/b;8-7-;. The number of fused-ring (bicyclic) bond motifs is 3. The number of allylic oxidation sites excluding steroid dienone is 2. The van der Waals surface area contributed by atoms with Gasteiger partial charge in [-0.2, -0.15) is 0 Å². The molecule has 219 valence electrons. The van der Waals surface area contributed by atoms with Crippen LogP contribution in [0.1, 0.15) is 52.7 Å². The molecule has 0 aliphatic rings. The zero-order valence-electron chi connectivity index (χ0n) is 25.8. The summed E-state index contributed by atoms with van der Waals surface area (Å²) in [5.74, 6) is 0.104. The second kappa shape index (κ2) is 13.2. The van der Waals surface area contributed by atoms with E-state index in [1.165, 1.54) is 44.3 Å². The van der Waals surface area contributed by atoms with Crippen molar-refractivity contribution in [2.75, 3.05) is 0 Å². The van der Waals surface area contributed by atoms with Crippen LogP contribution in [0, 0.1) is 30.7 Å². The molecule has 0 amide bonds. The van der Waals surface area contributed by atoms with Crippen LogP contribution in [0.3, 0.4) is 0 Å². The third-order valence-electron chi connectivity index (χ3n) is 7.16. The summed E-state index contributed by atoms with van der Waals surface area (Å²) in [6.45, 7) is 15.4. The molecule has 0 unspecified atom stereocenters. The molecule has 1 radical (unpaired) electrons. The number of carbonyl (C=O) groups is 1. The number of hydrogen-bond donors (Lipinski definition) is 1. The van der Waals surface area contributed by atoms with Crippen molar-refractivity contribution in [3.63, 3.8) is 0 Å². The first-order valence-corrected chi connectivity index (χ1v) is 14.1. The van der Waals surface area contributed by atoms with Crippen molar-refractivity contribution in [3.8, 4) is 22.4 Å². The molecule has 0 saturated heterocycles. The smallest absolute Gasteiger partial charge is 0.164 e. The third kappa shape index (κ3) is 7.62. The van der Waals surface area contributed by atoms with Gasteiger partial charge in [-0.1, -0.05) is 109 Å². The van der Waals surface area contributed by atoms with Crippen molar-refractivity contribution in [1.82, 2.24) is 4.98 Å². The number of rotatable bonds is 3. The van der Waals surface area contributed by atoms with Crippen LogP contribution < -0.4 is 0 Å². The van der Waals surface area contributed by atoms with Gasteiger partial charge in [0.05, 0.1) is 0 Å². The molecule has 0 fully saturated rings. The fourth-order valence-corrected chi connectivity index (χ4v) is 4.59. The topological polar surface area (TPSA) is 50.2 Å². The fourth-order valence-electron chi connectivity index (χ4n) is 4.59. The molecule has 42 heavy (non-hydrogen) atoms. The summed E-state index contributed by atoms with van der Waals surface area (Å²) < 4.78 is 0. The molecule has 5 aromatic rings. The van der Waals surface area contributed by atoms with Crippen molar-refractivity contribution in [3.05, 3.63) is 114 Å². The summed E-state index contributed by atoms with van der Waals surface area (Å²) in [5.41, 5.74) is 6.08. The van der Waals surface area contributed by atoms with E-state index >= 15 is 0 Å². The molecule has 4 aromatic carbocycles. The Balaban J connectivity index is 0.000000297. The predicted molar refractivity (Wildman–Crippen MR) is 173 cm³/mol. The van der Waals surface area contributed by atoms with Gasteiger partial charge in [0, 0.05) is 43.2 Å². The van der Waals surface area contributed by atoms with Crippen molar-refractivity contribution in [2.45, 2.75) is 55.4 Å². The molecule has 1 aromatic heterocycles. The van der Waals surface area contributed by atoms with E-state index in [9.17, 15) is 9.90 Å². The number of aryl methyl sites for hydroxylation is 2. The number of aromatic nitrogens is 1. The first kappa shape index (κ1) is 32.9. The maximum atomic E-state index is 11.5. The number of aliphatic hydroxyl groups excluding tert-OH is 1. The van der Waals surface area contributed by atoms with Gasteiger partial charge in [-0.3, -0.25) is 4.79 Å². The Morgan fingerprint density at radius 1 is 0.738 bits per heavy atom. The van der Waals surface area contributed by atoms with Crippen LogP contribution >= 0.6 is 0 Å². The van der Waals surface area contributed by atoms with Crippen LogP contribution in [0.4, 0.5) is 0 Å². The monoisotopic (exact) mass is 735 g/mol. The Bertz CT molecular complexity index is 1740. The van der Waals surface area contributed by atoms with E-state index in [0.717, 1.165) is 16.8 Å². The van der Waals surface area contributed by atoms with Gasteiger partial charge in [0.2, 0.25) is 0 Å². The van der Waals surface area contributed by atoms with Gasteiger partial charge in [0.1, 0.15) is 5.76 Å². The number of ketones is 1. The number of nitrogens with zero attached hydrogens (tertiary/aromatic N) is 1. The van der Waals surface area contributed by atoms with E-state index < -0.39 is 5.41 Å². The summed E-state index contributed by atoms with van der Waals surface area (Å²) in [4.78, 5) is 16.2. The molecule has 0 bridgehead atoms. The minimum atomic E-state index is -0.417. The Morgan fingerprint density at radius 3 is 2.02 bits per heavy atom. The van der Waals surface area contributed by atoms with Gasteiger partial charge in [0.15, 0.2) is 5.78 Å². The minimum Gasteiger partial charge on any atom is -0.512 e. The van der Waals surface area contributed by atoms with Crippen LogP contribution in [-0.2, 0) is 24.9 Å². The largest absolute Gasteiger partial charge is 0.512 e. The molecule has 0 atom stereocenters. The van der Waals surface area contributed by atoms with Crippen molar-refractivity contribution >= 4 is 27.3 Å². The molecule has 1 N–H and O–H groups in total. The van der Waals surface area contributed by atoms with Crippen LogP contribution in [0.25, 0.3) is 43.9 Å². The van der Waals surface area contributed by atoms with Gasteiger partial charge in [-0.25, -0.2) is 0 Å². The Labute approximate surface area is 264 Å². The van der Waals surface area contributed by atoms with Gasteiger partial charge in [-0.15, -0.1) is 34.9 Å². The molecular weight excluding hydrogens is 695 g/mol. The molecule has 0 saturated carbocycles. The van der Waals surface area contributed by atoms with E-state index in [4.69, 9.17) is 4.98 Å². The van der Waals surface area contributed by atoms with Gasteiger partial charge >= 0.3 is 0 Å². The summed E-state index contributed by atoms with van der Waals surface area (Å²) in [6.07, 6.45) is 3.25. The van der Waals surface area contributed by atoms with E-state index in [0.29, 0.717) is 0 Å². The Kier molecular flexibility index (Phi) is 10.3. The zero-order chi connectivity index (χ0) is 29.9.